The Morgan fingerprint density at radius 3 is 2.36 bits per heavy atom. The van der Waals surface area contributed by atoms with Crippen LogP contribution in [-0.4, -0.2) is 9.78 Å². The number of aryl methyl sites for hydroxylation is 1. The molecule has 0 aliphatic rings. The molecule has 0 bridgehead atoms. The number of nitrogens with zero attached hydrogens (tertiary/aromatic N) is 2. The third kappa shape index (κ3) is 3.42. The lowest BCUT2D eigenvalue weighted by Gasteiger charge is -1.85. The van der Waals surface area contributed by atoms with Crippen LogP contribution in [0, 0.1) is 0 Å². The number of halogens is 3. The molecular formula is C5H10BrCl2N3. The Morgan fingerprint density at radius 2 is 2.18 bits per heavy atom. The van der Waals surface area contributed by atoms with Crippen molar-refractivity contribution in [1.82, 2.24) is 9.78 Å². The van der Waals surface area contributed by atoms with Gasteiger partial charge in [0.1, 0.15) is 0 Å². The van der Waals surface area contributed by atoms with Gasteiger partial charge in [-0.1, -0.05) is 0 Å². The highest BCUT2D eigenvalue weighted by Gasteiger charge is 1.99. The van der Waals surface area contributed by atoms with Gasteiger partial charge in [0.15, 0.2) is 0 Å². The van der Waals surface area contributed by atoms with Crippen LogP contribution in [0.2, 0.25) is 0 Å². The van der Waals surface area contributed by atoms with Crippen molar-refractivity contribution >= 4 is 40.7 Å². The first-order valence-corrected chi connectivity index (χ1v) is 3.41. The highest BCUT2D eigenvalue weighted by atomic mass is 79.9. The van der Waals surface area contributed by atoms with Crippen molar-refractivity contribution in [2.45, 2.75) is 6.54 Å². The molecule has 0 aliphatic heterocycles. The first-order valence-electron chi connectivity index (χ1n) is 2.62. The summed E-state index contributed by atoms with van der Waals surface area (Å²) in [6.07, 6.45) is 1.88. The molecule has 1 aromatic heterocycles. The summed E-state index contributed by atoms with van der Waals surface area (Å²) in [5, 5.41) is 4.07. The Bertz CT molecular complexity index is 213. The fourth-order valence-electron chi connectivity index (χ4n) is 0.644. The minimum absolute atomic E-state index is 0. The quantitative estimate of drug-likeness (QED) is 0.834. The Labute approximate surface area is 86.3 Å². The summed E-state index contributed by atoms with van der Waals surface area (Å²) in [6, 6.07) is 0. The minimum atomic E-state index is 0. The van der Waals surface area contributed by atoms with Gasteiger partial charge in [0, 0.05) is 19.8 Å². The number of rotatable bonds is 1. The molecule has 0 saturated carbocycles. The van der Waals surface area contributed by atoms with Gasteiger partial charge in [-0.3, -0.25) is 4.68 Å². The first-order chi connectivity index (χ1) is 4.24. The monoisotopic (exact) mass is 261 g/mol. The molecule has 0 atom stereocenters. The fourth-order valence-corrected chi connectivity index (χ4v) is 1.18. The van der Waals surface area contributed by atoms with Crippen LogP contribution in [0.3, 0.4) is 0 Å². The number of hydrogen-bond donors (Lipinski definition) is 1. The number of nitrogens with two attached hydrogens (primary N) is 1. The van der Waals surface area contributed by atoms with Crippen molar-refractivity contribution in [2.24, 2.45) is 12.8 Å². The van der Waals surface area contributed by atoms with Crippen molar-refractivity contribution in [3.63, 3.8) is 0 Å². The molecule has 0 aliphatic carbocycles. The average Bonchev–Trinajstić information content (AvgIpc) is 2.10. The van der Waals surface area contributed by atoms with E-state index >= 15 is 0 Å². The maximum absolute atomic E-state index is 5.36. The zero-order valence-electron chi connectivity index (χ0n) is 5.95. The highest BCUT2D eigenvalue weighted by Crippen LogP contribution is 2.12. The second-order valence-electron chi connectivity index (χ2n) is 1.80. The summed E-state index contributed by atoms with van der Waals surface area (Å²) >= 11 is 3.31. The molecule has 6 heteroatoms. The zero-order valence-corrected chi connectivity index (χ0v) is 9.17. The summed E-state index contributed by atoms with van der Waals surface area (Å²) in [5.41, 5.74) is 6.26. The lowest BCUT2D eigenvalue weighted by molar-refractivity contribution is 0.742. The fraction of sp³-hybridized carbons (Fsp3) is 0.400. The first kappa shape index (κ1) is 13.8. The summed E-state index contributed by atoms with van der Waals surface area (Å²) in [5.74, 6) is 0. The van der Waals surface area contributed by atoms with Gasteiger partial charge in [-0.15, -0.1) is 24.8 Å². The smallest absolute Gasteiger partial charge is 0.0902 e. The molecule has 66 valence electrons. The molecule has 0 fully saturated rings. The van der Waals surface area contributed by atoms with E-state index < -0.39 is 0 Å². The van der Waals surface area contributed by atoms with Gasteiger partial charge in [-0.2, -0.15) is 5.10 Å². The molecule has 1 aromatic rings. The van der Waals surface area contributed by atoms with E-state index in [1.165, 1.54) is 0 Å². The topological polar surface area (TPSA) is 43.8 Å². The summed E-state index contributed by atoms with van der Waals surface area (Å²) in [4.78, 5) is 0. The van der Waals surface area contributed by atoms with E-state index in [0.29, 0.717) is 6.54 Å². The van der Waals surface area contributed by atoms with Crippen LogP contribution in [0.1, 0.15) is 5.69 Å². The molecule has 0 unspecified atom stereocenters. The van der Waals surface area contributed by atoms with Gasteiger partial charge < -0.3 is 5.73 Å². The van der Waals surface area contributed by atoms with E-state index in [4.69, 9.17) is 5.73 Å². The van der Waals surface area contributed by atoms with Crippen molar-refractivity contribution in [3.8, 4) is 0 Å². The number of hydrogen-bond acceptors (Lipinski definition) is 2. The van der Waals surface area contributed by atoms with E-state index in [1.807, 2.05) is 13.2 Å². The SMILES string of the molecule is Cl.Cl.Cn1cc(Br)c(CN)n1. The van der Waals surface area contributed by atoms with Gasteiger partial charge >= 0.3 is 0 Å². The third-order valence-corrected chi connectivity index (χ3v) is 1.71. The van der Waals surface area contributed by atoms with E-state index in [0.717, 1.165) is 10.2 Å². The minimum Gasteiger partial charge on any atom is -0.325 e. The predicted molar refractivity (Wildman–Crippen MR) is 53.3 cm³/mol. The van der Waals surface area contributed by atoms with Gasteiger partial charge in [0.25, 0.3) is 0 Å². The van der Waals surface area contributed by atoms with Crippen molar-refractivity contribution in [2.75, 3.05) is 0 Å². The molecule has 0 radical (unpaired) electrons. The summed E-state index contributed by atoms with van der Waals surface area (Å²) < 4.78 is 2.71. The lowest BCUT2D eigenvalue weighted by Crippen LogP contribution is -1.98. The normalized spacial score (nSPS) is 8.27. The van der Waals surface area contributed by atoms with Crippen LogP contribution in [0.5, 0.6) is 0 Å². The van der Waals surface area contributed by atoms with Gasteiger partial charge in [0.2, 0.25) is 0 Å². The maximum atomic E-state index is 5.36. The maximum Gasteiger partial charge on any atom is 0.0902 e. The standard InChI is InChI=1S/C5H8BrN3.2ClH/c1-9-3-4(6)5(2-7)8-9;;/h3H,2,7H2,1H3;2*1H. The number of aromatic nitrogens is 2. The van der Waals surface area contributed by atoms with E-state index in [1.54, 1.807) is 4.68 Å². The molecule has 0 spiro atoms. The summed E-state index contributed by atoms with van der Waals surface area (Å²) in [7, 11) is 1.86. The molecule has 2 N–H and O–H groups in total. The Balaban J connectivity index is 0. The molecule has 1 heterocycles. The van der Waals surface area contributed by atoms with E-state index in [9.17, 15) is 0 Å². The van der Waals surface area contributed by atoms with Gasteiger partial charge in [0.05, 0.1) is 10.2 Å². The second kappa shape index (κ2) is 5.83. The predicted octanol–water partition coefficient (Wildman–Crippen LogP) is 1.48. The molecule has 0 amide bonds. The highest BCUT2D eigenvalue weighted by molar-refractivity contribution is 9.10. The van der Waals surface area contributed by atoms with Crippen LogP contribution in [-0.2, 0) is 13.6 Å². The van der Waals surface area contributed by atoms with Crippen molar-refractivity contribution in [1.29, 1.82) is 0 Å². The Morgan fingerprint density at radius 1 is 1.64 bits per heavy atom. The average molecular weight is 263 g/mol. The lowest BCUT2D eigenvalue weighted by atomic mass is 10.4. The van der Waals surface area contributed by atoms with Crippen LogP contribution in [0.25, 0.3) is 0 Å². The zero-order chi connectivity index (χ0) is 6.85. The third-order valence-electron chi connectivity index (χ3n) is 1.05. The molecule has 3 nitrogen and oxygen atoms in total. The van der Waals surface area contributed by atoms with E-state index in [-0.39, 0.29) is 24.8 Å². The van der Waals surface area contributed by atoms with Crippen LogP contribution in [0.4, 0.5) is 0 Å². The molecule has 0 aromatic carbocycles. The van der Waals surface area contributed by atoms with Crippen LogP contribution >= 0.6 is 40.7 Å². The van der Waals surface area contributed by atoms with Crippen molar-refractivity contribution in [3.05, 3.63) is 16.4 Å². The second-order valence-corrected chi connectivity index (χ2v) is 2.66. The van der Waals surface area contributed by atoms with Gasteiger partial charge in [-0.25, -0.2) is 0 Å². The van der Waals surface area contributed by atoms with Crippen LogP contribution < -0.4 is 5.73 Å². The Kier molecular flexibility index (Phi) is 7.31. The molecule has 1 rings (SSSR count). The summed E-state index contributed by atoms with van der Waals surface area (Å²) in [6.45, 7) is 0.488. The van der Waals surface area contributed by atoms with Gasteiger partial charge in [-0.05, 0) is 15.9 Å². The largest absolute Gasteiger partial charge is 0.325 e. The van der Waals surface area contributed by atoms with Crippen LogP contribution in [0.15, 0.2) is 10.7 Å². The van der Waals surface area contributed by atoms with Crippen molar-refractivity contribution < 1.29 is 0 Å². The molecule has 11 heavy (non-hydrogen) atoms. The molecule has 0 saturated heterocycles. The molecular weight excluding hydrogens is 253 g/mol. The van der Waals surface area contributed by atoms with E-state index in [2.05, 4.69) is 21.0 Å². The Hall–Kier alpha value is 0.230.